The first-order valence-electron chi connectivity index (χ1n) is 3.97. The minimum atomic E-state index is -1.30. The summed E-state index contributed by atoms with van der Waals surface area (Å²) in [6, 6.07) is 3.82. The van der Waals surface area contributed by atoms with E-state index in [0.717, 1.165) is 6.07 Å². The number of hydrogen-bond donors (Lipinski definition) is 3. The third-order valence-electron chi connectivity index (χ3n) is 1.78. The molecule has 14 heavy (non-hydrogen) atoms. The molecule has 0 saturated heterocycles. The zero-order valence-electron chi connectivity index (χ0n) is 7.19. The van der Waals surface area contributed by atoms with E-state index in [2.05, 4.69) is 15.9 Å². The molecule has 0 radical (unpaired) electrons. The molecule has 2 unspecified atom stereocenters. The standard InChI is InChI=1S/C9H10BrFO3/c10-6-1-5(2-7(11)3-6)9(14)8(13)4-12/h1-3,8-9,12-14H,4H2. The normalized spacial score (nSPS) is 15.2. The molecule has 78 valence electrons. The van der Waals surface area contributed by atoms with Crippen molar-refractivity contribution in [2.24, 2.45) is 0 Å². The van der Waals surface area contributed by atoms with Gasteiger partial charge in [-0.05, 0) is 23.8 Å². The quantitative estimate of drug-likeness (QED) is 0.763. The molecular weight excluding hydrogens is 255 g/mol. The number of aliphatic hydroxyl groups is 3. The van der Waals surface area contributed by atoms with Crippen molar-refractivity contribution < 1.29 is 19.7 Å². The Morgan fingerprint density at radius 3 is 2.43 bits per heavy atom. The van der Waals surface area contributed by atoms with E-state index in [9.17, 15) is 9.50 Å². The third-order valence-corrected chi connectivity index (χ3v) is 2.24. The van der Waals surface area contributed by atoms with Crippen LogP contribution in [0.25, 0.3) is 0 Å². The lowest BCUT2D eigenvalue weighted by Gasteiger charge is -2.16. The van der Waals surface area contributed by atoms with E-state index in [1.165, 1.54) is 12.1 Å². The summed E-state index contributed by atoms with van der Waals surface area (Å²) in [5, 5.41) is 27.2. The Bertz CT molecular complexity index is 299. The van der Waals surface area contributed by atoms with Gasteiger partial charge in [0, 0.05) is 4.47 Å². The van der Waals surface area contributed by atoms with Gasteiger partial charge >= 0.3 is 0 Å². The van der Waals surface area contributed by atoms with Gasteiger partial charge in [0.1, 0.15) is 18.0 Å². The van der Waals surface area contributed by atoms with E-state index in [1.807, 2.05) is 0 Å². The van der Waals surface area contributed by atoms with Crippen molar-refractivity contribution in [1.29, 1.82) is 0 Å². The van der Waals surface area contributed by atoms with Gasteiger partial charge in [0.25, 0.3) is 0 Å². The van der Waals surface area contributed by atoms with E-state index in [4.69, 9.17) is 10.2 Å². The molecule has 0 aliphatic carbocycles. The number of rotatable bonds is 3. The van der Waals surface area contributed by atoms with Crippen molar-refractivity contribution in [3.63, 3.8) is 0 Å². The predicted molar refractivity (Wildman–Crippen MR) is 52.2 cm³/mol. The highest BCUT2D eigenvalue weighted by Gasteiger charge is 2.18. The highest BCUT2D eigenvalue weighted by atomic mass is 79.9. The smallest absolute Gasteiger partial charge is 0.124 e. The zero-order chi connectivity index (χ0) is 10.7. The molecule has 0 aromatic heterocycles. The van der Waals surface area contributed by atoms with Crippen LogP contribution in [-0.4, -0.2) is 28.0 Å². The Hall–Kier alpha value is -0.490. The molecule has 0 saturated carbocycles. The molecule has 1 rings (SSSR count). The number of benzene rings is 1. The fourth-order valence-corrected chi connectivity index (χ4v) is 1.55. The second-order valence-corrected chi connectivity index (χ2v) is 3.81. The number of hydrogen-bond acceptors (Lipinski definition) is 3. The molecule has 0 heterocycles. The Morgan fingerprint density at radius 2 is 1.93 bits per heavy atom. The fraction of sp³-hybridized carbons (Fsp3) is 0.333. The van der Waals surface area contributed by atoms with Crippen molar-refractivity contribution in [2.45, 2.75) is 12.2 Å². The molecule has 2 atom stereocenters. The average Bonchev–Trinajstić information content (AvgIpc) is 2.14. The number of halogens is 2. The highest BCUT2D eigenvalue weighted by Crippen LogP contribution is 2.22. The summed E-state index contributed by atoms with van der Waals surface area (Å²) in [5.74, 6) is -0.515. The molecule has 0 fully saturated rings. The van der Waals surface area contributed by atoms with E-state index < -0.39 is 24.6 Å². The lowest BCUT2D eigenvalue weighted by atomic mass is 10.1. The topological polar surface area (TPSA) is 60.7 Å². The van der Waals surface area contributed by atoms with Crippen molar-refractivity contribution in [2.75, 3.05) is 6.61 Å². The third kappa shape index (κ3) is 2.75. The van der Waals surface area contributed by atoms with Gasteiger partial charge in [-0.1, -0.05) is 15.9 Å². The molecule has 3 N–H and O–H groups in total. The maximum atomic E-state index is 12.9. The molecule has 0 bridgehead atoms. The Morgan fingerprint density at radius 1 is 1.29 bits per heavy atom. The minimum Gasteiger partial charge on any atom is -0.394 e. The lowest BCUT2D eigenvalue weighted by molar-refractivity contribution is -0.0154. The molecule has 1 aromatic carbocycles. The van der Waals surface area contributed by atoms with Crippen LogP contribution in [0.2, 0.25) is 0 Å². The second-order valence-electron chi connectivity index (χ2n) is 2.90. The zero-order valence-corrected chi connectivity index (χ0v) is 8.78. The molecule has 0 aliphatic rings. The van der Waals surface area contributed by atoms with Crippen LogP contribution in [0, 0.1) is 5.82 Å². The predicted octanol–water partition coefficient (Wildman–Crippen LogP) is 0.975. The molecular formula is C9H10BrFO3. The molecule has 1 aromatic rings. The van der Waals surface area contributed by atoms with Crippen molar-refractivity contribution in [1.82, 2.24) is 0 Å². The van der Waals surface area contributed by atoms with Gasteiger partial charge in [0.15, 0.2) is 0 Å². The molecule has 0 spiro atoms. The van der Waals surface area contributed by atoms with E-state index in [-0.39, 0.29) is 5.56 Å². The Balaban J connectivity index is 2.94. The van der Waals surface area contributed by atoms with Crippen LogP contribution >= 0.6 is 15.9 Å². The lowest BCUT2D eigenvalue weighted by Crippen LogP contribution is -2.22. The van der Waals surface area contributed by atoms with Crippen LogP contribution in [-0.2, 0) is 0 Å². The van der Waals surface area contributed by atoms with Crippen molar-refractivity contribution >= 4 is 15.9 Å². The summed E-state index contributed by atoms with van der Waals surface area (Å²) in [4.78, 5) is 0. The largest absolute Gasteiger partial charge is 0.394 e. The van der Waals surface area contributed by atoms with Gasteiger partial charge in [0.05, 0.1) is 6.61 Å². The summed E-state index contributed by atoms with van der Waals surface area (Å²) in [6.45, 7) is -0.574. The van der Waals surface area contributed by atoms with Crippen LogP contribution in [0.5, 0.6) is 0 Å². The average molecular weight is 265 g/mol. The molecule has 0 amide bonds. The summed E-state index contributed by atoms with van der Waals surface area (Å²) in [5.41, 5.74) is 0.221. The summed E-state index contributed by atoms with van der Waals surface area (Å²) in [7, 11) is 0. The molecule has 3 nitrogen and oxygen atoms in total. The van der Waals surface area contributed by atoms with Gasteiger partial charge in [-0.15, -0.1) is 0 Å². The molecule has 5 heteroatoms. The van der Waals surface area contributed by atoms with Crippen LogP contribution in [0.4, 0.5) is 4.39 Å². The summed E-state index contributed by atoms with van der Waals surface area (Å²) >= 11 is 3.06. The monoisotopic (exact) mass is 264 g/mol. The second kappa shape index (κ2) is 4.84. The maximum absolute atomic E-state index is 12.9. The Labute approximate surface area is 88.9 Å². The summed E-state index contributed by atoms with van der Waals surface area (Å²) in [6.07, 6.45) is -2.59. The molecule has 0 aliphatic heterocycles. The SMILES string of the molecule is OCC(O)C(O)c1cc(F)cc(Br)c1. The van der Waals surface area contributed by atoms with Crippen LogP contribution in [0.1, 0.15) is 11.7 Å². The van der Waals surface area contributed by atoms with E-state index in [0.29, 0.717) is 4.47 Å². The van der Waals surface area contributed by atoms with E-state index >= 15 is 0 Å². The van der Waals surface area contributed by atoms with Gasteiger partial charge in [0.2, 0.25) is 0 Å². The Kier molecular flexibility index (Phi) is 4.00. The van der Waals surface area contributed by atoms with Gasteiger partial charge in [-0.2, -0.15) is 0 Å². The fourth-order valence-electron chi connectivity index (χ4n) is 1.07. The first-order valence-corrected chi connectivity index (χ1v) is 4.77. The first-order chi connectivity index (χ1) is 6.54. The first kappa shape index (κ1) is 11.6. The van der Waals surface area contributed by atoms with Crippen LogP contribution in [0.15, 0.2) is 22.7 Å². The van der Waals surface area contributed by atoms with Crippen molar-refractivity contribution in [3.8, 4) is 0 Å². The van der Waals surface area contributed by atoms with E-state index in [1.54, 1.807) is 0 Å². The number of aliphatic hydroxyl groups excluding tert-OH is 3. The highest BCUT2D eigenvalue weighted by molar-refractivity contribution is 9.10. The van der Waals surface area contributed by atoms with Gasteiger partial charge in [-0.3, -0.25) is 0 Å². The van der Waals surface area contributed by atoms with Crippen molar-refractivity contribution in [3.05, 3.63) is 34.1 Å². The van der Waals surface area contributed by atoms with Crippen LogP contribution < -0.4 is 0 Å². The van der Waals surface area contributed by atoms with Gasteiger partial charge in [-0.25, -0.2) is 4.39 Å². The van der Waals surface area contributed by atoms with Crippen LogP contribution in [0.3, 0.4) is 0 Å². The summed E-state index contributed by atoms with van der Waals surface area (Å²) < 4.78 is 13.3. The van der Waals surface area contributed by atoms with Gasteiger partial charge < -0.3 is 15.3 Å². The maximum Gasteiger partial charge on any atom is 0.124 e. The minimum absolute atomic E-state index is 0.221.